The lowest BCUT2D eigenvalue weighted by molar-refractivity contribution is -0.139. The predicted octanol–water partition coefficient (Wildman–Crippen LogP) is -0.173. The van der Waals surface area contributed by atoms with Crippen LogP contribution in [0.4, 0.5) is 4.79 Å². The highest BCUT2D eigenvalue weighted by atomic mass is 16.4. The quantitative estimate of drug-likeness (QED) is 0.726. The Morgan fingerprint density at radius 2 is 2.00 bits per heavy atom. The Kier molecular flexibility index (Phi) is 5.14. The lowest BCUT2D eigenvalue weighted by Crippen LogP contribution is -2.55. The molecule has 1 aliphatic heterocycles. The number of carbonyl (C=O) groups is 3. The summed E-state index contributed by atoms with van der Waals surface area (Å²) in [5.41, 5.74) is 0. The third-order valence-corrected chi connectivity index (χ3v) is 3.26. The third-order valence-electron chi connectivity index (χ3n) is 3.26. The molecule has 0 bridgehead atoms. The first-order valence-corrected chi connectivity index (χ1v) is 6.28. The van der Waals surface area contributed by atoms with E-state index < -0.39 is 5.97 Å². The minimum atomic E-state index is -0.835. The van der Waals surface area contributed by atoms with Crippen molar-refractivity contribution in [3.8, 4) is 0 Å². The third kappa shape index (κ3) is 4.11. The van der Waals surface area contributed by atoms with E-state index in [0.29, 0.717) is 19.6 Å². The summed E-state index contributed by atoms with van der Waals surface area (Å²) < 4.78 is 0. The van der Waals surface area contributed by atoms with E-state index in [9.17, 15) is 14.4 Å². The van der Waals surface area contributed by atoms with Crippen molar-refractivity contribution in [2.24, 2.45) is 11.8 Å². The van der Waals surface area contributed by atoms with Crippen LogP contribution in [-0.2, 0) is 9.59 Å². The monoisotopic (exact) mass is 271 g/mol. The van der Waals surface area contributed by atoms with Gasteiger partial charge in [0.15, 0.2) is 0 Å². The number of aliphatic carboxylic acids is 1. The number of nitrogens with zero attached hydrogens (tertiary/aromatic N) is 2. The number of carboxylic acid groups (broad SMARTS) is 1. The van der Waals surface area contributed by atoms with Gasteiger partial charge in [-0.1, -0.05) is 6.92 Å². The summed E-state index contributed by atoms with van der Waals surface area (Å²) >= 11 is 0. The molecule has 1 aliphatic rings. The van der Waals surface area contributed by atoms with Gasteiger partial charge in [-0.2, -0.15) is 0 Å². The molecule has 0 aromatic rings. The Labute approximate surface area is 112 Å². The van der Waals surface area contributed by atoms with E-state index in [1.807, 2.05) is 0 Å². The van der Waals surface area contributed by atoms with Crippen LogP contribution in [0.15, 0.2) is 0 Å². The molecular formula is C12H21N3O4. The van der Waals surface area contributed by atoms with Gasteiger partial charge < -0.3 is 20.2 Å². The molecule has 2 N–H and O–H groups in total. The Balaban J connectivity index is 2.35. The summed E-state index contributed by atoms with van der Waals surface area (Å²) in [5.74, 6) is -1.16. The average Bonchev–Trinajstić information content (AvgIpc) is 2.30. The summed E-state index contributed by atoms with van der Waals surface area (Å²) in [6, 6.07) is -0.155. The van der Waals surface area contributed by atoms with Crippen molar-refractivity contribution < 1.29 is 19.5 Å². The van der Waals surface area contributed by atoms with E-state index >= 15 is 0 Å². The smallest absolute Gasteiger partial charge is 0.319 e. The van der Waals surface area contributed by atoms with Gasteiger partial charge in [-0.15, -0.1) is 0 Å². The van der Waals surface area contributed by atoms with Crippen LogP contribution in [-0.4, -0.2) is 66.5 Å². The molecule has 0 aromatic carbocycles. The number of nitrogens with one attached hydrogen (secondary N) is 1. The normalized spacial score (nSPS) is 16.5. The maximum Gasteiger partial charge on any atom is 0.319 e. The van der Waals surface area contributed by atoms with E-state index in [2.05, 4.69) is 5.32 Å². The molecular weight excluding hydrogens is 250 g/mol. The number of carbonyl (C=O) groups excluding carboxylic acids is 2. The van der Waals surface area contributed by atoms with Crippen LogP contribution in [0.1, 0.15) is 13.3 Å². The first-order chi connectivity index (χ1) is 8.85. The maximum absolute atomic E-state index is 12.0. The highest BCUT2D eigenvalue weighted by Crippen LogP contribution is 2.20. The second kappa shape index (κ2) is 6.40. The predicted molar refractivity (Wildman–Crippen MR) is 68.6 cm³/mol. The summed E-state index contributed by atoms with van der Waals surface area (Å²) in [4.78, 5) is 37.0. The summed E-state index contributed by atoms with van der Waals surface area (Å²) in [6.45, 7) is 3.05. The molecule has 108 valence electrons. The molecule has 1 unspecified atom stereocenters. The van der Waals surface area contributed by atoms with Gasteiger partial charge in [-0.3, -0.25) is 9.59 Å². The Morgan fingerprint density at radius 1 is 1.42 bits per heavy atom. The zero-order valence-electron chi connectivity index (χ0n) is 11.5. The lowest BCUT2D eigenvalue weighted by atomic mass is 9.97. The van der Waals surface area contributed by atoms with Gasteiger partial charge >= 0.3 is 12.0 Å². The molecule has 0 radical (unpaired) electrons. The molecule has 1 rings (SSSR count). The van der Waals surface area contributed by atoms with Crippen molar-refractivity contribution in [1.82, 2.24) is 15.1 Å². The fraction of sp³-hybridized carbons (Fsp3) is 0.750. The Morgan fingerprint density at radius 3 is 2.47 bits per heavy atom. The molecule has 1 heterocycles. The molecule has 7 nitrogen and oxygen atoms in total. The van der Waals surface area contributed by atoms with Crippen LogP contribution in [0.5, 0.6) is 0 Å². The molecule has 0 spiro atoms. The number of amides is 3. The van der Waals surface area contributed by atoms with Crippen LogP contribution in [0.2, 0.25) is 0 Å². The number of rotatable bonds is 5. The Bertz CT molecular complexity index is 366. The first kappa shape index (κ1) is 15.3. The number of likely N-dealkylation sites (tertiary alicyclic amines) is 1. The number of hydrogen-bond donors (Lipinski definition) is 2. The van der Waals surface area contributed by atoms with Gasteiger partial charge in [0.05, 0.1) is 12.3 Å². The van der Waals surface area contributed by atoms with Gasteiger partial charge in [-0.05, 0) is 0 Å². The zero-order valence-corrected chi connectivity index (χ0v) is 11.5. The highest BCUT2D eigenvalue weighted by molar-refractivity contribution is 5.80. The first-order valence-electron chi connectivity index (χ1n) is 6.28. The van der Waals surface area contributed by atoms with Crippen LogP contribution < -0.4 is 5.32 Å². The SMILES string of the molecule is CNC(=O)C(C)CN(C)C(=O)N1CC(CC(=O)O)C1. The fourth-order valence-corrected chi connectivity index (χ4v) is 2.16. The molecule has 19 heavy (non-hydrogen) atoms. The van der Waals surface area contributed by atoms with Crippen molar-refractivity contribution in [3.63, 3.8) is 0 Å². The number of urea groups is 1. The summed E-state index contributed by atoms with van der Waals surface area (Å²) in [7, 11) is 3.21. The molecule has 1 atom stereocenters. The average molecular weight is 271 g/mol. The second-order valence-corrected chi connectivity index (χ2v) is 5.05. The molecule has 1 saturated heterocycles. The van der Waals surface area contributed by atoms with Crippen LogP contribution in [0.3, 0.4) is 0 Å². The van der Waals surface area contributed by atoms with Gasteiger partial charge in [-0.25, -0.2) is 4.79 Å². The molecule has 7 heteroatoms. The van der Waals surface area contributed by atoms with E-state index in [4.69, 9.17) is 5.11 Å². The van der Waals surface area contributed by atoms with Gasteiger partial charge in [0.25, 0.3) is 0 Å². The number of carboxylic acids is 1. The molecule has 0 aromatic heterocycles. The largest absolute Gasteiger partial charge is 0.481 e. The molecule has 0 saturated carbocycles. The van der Waals surface area contributed by atoms with E-state index in [1.165, 1.54) is 4.90 Å². The maximum atomic E-state index is 12.0. The minimum Gasteiger partial charge on any atom is -0.481 e. The summed E-state index contributed by atoms with van der Waals surface area (Å²) in [6.07, 6.45) is 0.0993. The van der Waals surface area contributed by atoms with Gasteiger partial charge in [0.1, 0.15) is 0 Å². The van der Waals surface area contributed by atoms with Crippen LogP contribution in [0.25, 0.3) is 0 Å². The fourth-order valence-electron chi connectivity index (χ4n) is 2.16. The van der Waals surface area contributed by atoms with Crippen molar-refractivity contribution in [1.29, 1.82) is 0 Å². The Hall–Kier alpha value is -1.79. The minimum absolute atomic E-state index is 0.0474. The van der Waals surface area contributed by atoms with Crippen LogP contribution >= 0.6 is 0 Å². The van der Waals surface area contributed by atoms with Crippen molar-refractivity contribution in [3.05, 3.63) is 0 Å². The van der Waals surface area contributed by atoms with Crippen molar-refractivity contribution in [2.45, 2.75) is 13.3 Å². The van der Waals surface area contributed by atoms with Gasteiger partial charge in [0.2, 0.25) is 5.91 Å². The topological polar surface area (TPSA) is 90.0 Å². The van der Waals surface area contributed by atoms with E-state index in [0.717, 1.165) is 0 Å². The van der Waals surface area contributed by atoms with Gasteiger partial charge in [0, 0.05) is 39.6 Å². The van der Waals surface area contributed by atoms with E-state index in [-0.39, 0.29) is 30.2 Å². The second-order valence-electron chi connectivity index (χ2n) is 5.05. The zero-order chi connectivity index (χ0) is 14.6. The number of hydrogen-bond acceptors (Lipinski definition) is 3. The highest BCUT2D eigenvalue weighted by Gasteiger charge is 2.34. The van der Waals surface area contributed by atoms with Crippen molar-refractivity contribution in [2.75, 3.05) is 33.7 Å². The molecule has 3 amide bonds. The van der Waals surface area contributed by atoms with E-state index in [1.54, 1.807) is 25.9 Å². The lowest BCUT2D eigenvalue weighted by Gasteiger charge is -2.40. The summed E-state index contributed by atoms with van der Waals surface area (Å²) in [5, 5.41) is 11.2. The standard InChI is InChI=1S/C12H21N3O4/c1-8(11(18)13-2)5-14(3)12(19)15-6-9(7-15)4-10(16)17/h8-9H,4-7H2,1-3H3,(H,13,18)(H,16,17). The van der Waals surface area contributed by atoms with Crippen molar-refractivity contribution >= 4 is 17.9 Å². The molecule has 0 aliphatic carbocycles. The van der Waals surface area contributed by atoms with Crippen LogP contribution in [0, 0.1) is 11.8 Å². The molecule has 1 fully saturated rings.